The van der Waals surface area contributed by atoms with Gasteiger partial charge in [0.2, 0.25) is 5.91 Å². The summed E-state index contributed by atoms with van der Waals surface area (Å²) in [4.78, 5) is 37.7. The predicted molar refractivity (Wildman–Crippen MR) is 77.7 cm³/mol. The van der Waals surface area contributed by atoms with Gasteiger partial charge in [0.15, 0.2) is 6.04 Å². The van der Waals surface area contributed by atoms with Gasteiger partial charge in [-0.3, -0.25) is 4.79 Å². The molecule has 1 saturated heterocycles. The summed E-state index contributed by atoms with van der Waals surface area (Å²) in [6, 6.07) is 3.22. The molecule has 1 fully saturated rings. The molecule has 23 heavy (non-hydrogen) atoms. The number of amides is 1. The second-order valence-corrected chi connectivity index (χ2v) is 5.08. The van der Waals surface area contributed by atoms with E-state index in [-0.39, 0.29) is 25.4 Å². The van der Waals surface area contributed by atoms with Gasteiger partial charge in [-0.05, 0) is 31.0 Å². The third kappa shape index (κ3) is 3.49. The molecule has 2 atom stereocenters. The van der Waals surface area contributed by atoms with Crippen molar-refractivity contribution in [3.8, 4) is 0 Å². The van der Waals surface area contributed by atoms with E-state index in [2.05, 4.69) is 0 Å². The summed E-state index contributed by atoms with van der Waals surface area (Å²) in [6.45, 7) is 1.77. The molecule has 1 aromatic rings. The number of ether oxygens (including phenoxy) is 2. The Labute approximate surface area is 133 Å². The number of benzene rings is 1. The number of nitrogens with zero attached hydrogens (tertiary/aromatic N) is 1. The van der Waals surface area contributed by atoms with Crippen molar-refractivity contribution < 1.29 is 28.2 Å². The number of methoxy groups -OCH3 is 1. The van der Waals surface area contributed by atoms with Gasteiger partial charge in [-0.15, -0.1) is 0 Å². The molecule has 0 aliphatic carbocycles. The lowest BCUT2D eigenvalue weighted by Crippen LogP contribution is -2.45. The van der Waals surface area contributed by atoms with Gasteiger partial charge < -0.3 is 14.4 Å². The summed E-state index contributed by atoms with van der Waals surface area (Å²) in [5, 5.41) is 0. The van der Waals surface area contributed by atoms with Gasteiger partial charge in [0, 0.05) is 6.42 Å². The standard InChI is InChI=1S/C16H18FNO5/c1-3-23-16(21)14(10-4-6-11(17)7-5-10)18-12(15(20)22-2)8-9-13(18)19/h4-7,12,14H,3,8-9H2,1-2H3. The lowest BCUT2D eigenvalue weighted by molar-refractivity contribution is -0.160. The molecular weight excluding hydrogens is 305 g/mol. The fraction of sp³-hybridized carbons (Fsp3) is 0.438. The topological polar surface area (TPSA) is 72.9 Å². The van der Waals surface area contributed by atoms with Crippen LogP contribution in [-0.4, -0.2) is 42.5 Å². The maximum absolute atomic E-state index is 13.1. The summed E-state index contributed by atoms with van der Waals surface area (Å²) in [6.07, 6.45) is 0.402. The predicted octanol–water partition coefficient (Wildman–Crippen LogP) is 1.59. The van der Waals surface area contributed by atoms with Gasteiger partial charge in [-0.2, -0.15) is 0 Å². The van der Waals surface area contributed by atoms with E-state index in [0.29, 0.717) is 5.56 Å². The summed E-state index contributed by atoms with van der Waals surface area (Å²) < 4.78 is 22.9. The Balaban J connectivity index is 2.42. The number of hydrogen-bond donors (Lipinski definition) is 0. The summed E-state index contributed by atoms with van der Waals surface area (Å²) >= 11 is 0. The average Bonchev–Trinajstić information content (AvgIpc) is 2.91. The molecule has 7 heteroatoms. The number of hydrogen-bond acceptors (Lipinski definition) is 5. The largest absolute Gasteiger partial charge is 0.467 e. The molecule has 2 unspecified atom stereocenters. The molecular formula is C16H18FNO5. The van der Waals surface area contributed by atoms with Crippen LogP contribution in [0.3, 0.4) is 0 Å². The molecule has 0 aromatic heterocycles. The minimum atomic E-state index is -1.10. The molecule has 6 nitrogen and oxygen atoms in total. The van der Waals surface area contributed by atoms with Crippen LogP contribution >= 0.6 is 0 Å². The Bertz CT molecular complexity index is 601. The van der Waals surface area contributed by atoms with E-state index in [1.807, 2.05) is 0 Å². The first-order chi connectivity index (χ1) is 11.0. The van der Waals surface area contributed by atoms with E-state index in [9.17, 15) is 18.8 Å². The van der Waals surface area contributed by atoms with Crippen LogP contribution in [0.1, 0.15) is 31.4 Å². The van der Waals surface area contributed by atoms with E-state index in [0.717, 1.165) is 0 Å². The van der Waals surface area contributed by atoms with Crippen LogP contribution in [0.15, 0.2) is 24.3 Å². The first-order valence-electron chi connectivity index (χ1n) is 7.30. The van der Waals surface area contributed by atoms with E-state index >= 15 is 0 Å². The fourth-order valence-corrected chi connectivity index (χ4v) is 2.67. The molecule has 0 bridgehead atoms. The van der Waals surface area contributed by atoms with Gasteiger partial charge in [-0.1, -0.05) is 12.1 Å². The molecule has 1 aliphatic rings. The van der Waals surface area contributed by atoms with Crippen molar-refractivity contribution in [2.45, 2.75) is 31.8 Å². The monoisotopic (exact) mass is 323 g/mol. The Morgan fingerprint density at radius 3 is 2.57 bits per heavy atom. The maximum atomic E-state index is 13.1. The Hall–Kier alpha value is -2.44. The number of rotatable bonds is 5. The van der Waals surface area contributed by atoms with E-state index in [1.165, 1.54) is 36.3 Å². The maximum Gasteiger partial charge on any atom is 0.333 e. The molecule has 124 valence electrons. The lowest BCUT2D eigenvalue weighted by atomic mass is 10.0. The zero-order valence-corrected chi connectivity index (χ0v) is 13.0. The zero-order valence-electron chi connectivity index (χ0n) is 13.0. The van der Waals surface area contributed by atoms with Crippen molar-refractivity contribution in [1.82, 2.24) is 4.90 Å². The molecule has 0 spiro atoms. The van der Waals surface area contributed by atoms with Crippen molar-refractivity contribution in [2.75, 3.05) is 13.7 Å². The van der Waals surface area contributed by atoms with Crippen LogP contribution in [0.25, 0.3) is 0 Å². The number of esters is 2. The van der Waals surface area contributed by atoms with Crippen LogP contribution in [0.4, 0.5) is 4.39 Å². The van der Waals surface area contributed by atoms with Gasteiger partial charge in [0.1, 0.15) is 11.9 Å². The Morgan fingerprint density at radius 2 is 2.00 bits per heavy atom. The molecule has 2 rings (SSSR count). The third-order valence-corrected chi connectivity index (χ3v) is 3.70. The molecule has 1 amide bonds. The summed E-state index contributed by atoms with van der Waals surface area (Å²) in [5.74, 6) is -2.06. The quantitative estimate of drug-likeness (QED) is 0.770. The van der Waals surface area contributed by atoms with Crippen molar-refractivity contribution in [2.24, 2.45) is 0 Å². The lowest BCUT2D eigenvalue weighted by Gasteiger charge is -2.30. The van der Waals surface area contributed by atoms with Crippen LogP contribution in [0.5, 0.6) is 0 Å². The summed E-state index contributed by atoms with van der Waals surface area (Å²) in [7, 11) is 1.22. The minimum Gasteiger partial charge on any atom is -0.467 e. The van der Waals surface area contributed by atoms with Crippen LogP contribution in [0, 0.1) is 5.82 Å². The van der Waals surface area contributed by atoms with Gasteiger partial charge in [0.05, 0.1) is 13.7 Å². The number of carbonyl (C=O) groups is 3. The molecule has 0 saturated carbocycles. The Kier molecular flexibility index (Phi) is 5.31. The second-order valence-electron chi connectivity index (χ2n) is 5.08. The normalized spacial score (nSPS) is 18.7. The van der Waals surface area contributed by atoms with Crippen LogP contribution in [-0.2, 0) is 23.9 Å². The Morgan fingerprint density at radius 1 is 1.35 bits per heavy atom. The highest BCUT2D eigenvalue weighted by Crippen LogP contribution is 2.32. The zero-order chi connectivity index (χ0) is 17.0. The van der Waals surface area contributed by atoms with Crippen molar-refractivity contribution in [3.05, 3.63) is 35.6 Å². The average molecular weight is 323 g/mol. The van der Waals surface area contributed by atoms with Gasteiger partial charge >= 0.3 is 11.9 Å². The highest BCUT2D eigenvalue weighted by atomic mass is 19.1. The summed E-state index contributed by atoms with van der Waals surface area (Å²) in [5.41, 5.74) is 0.383. The third-order valence-electron chi connectivity index (χ3n) is 3.70. The highest BCUT2D eigenvalue weighted by molar-refractivity contribution is 5.92. The fourth-order valence-electron chi connectivity index (χ4n) is 2.67. The van der Waals surface area contributed by atoms with E-state index in [4.69, 9.17) is 9.47 Å². The minimum absolute atomic E-state index is 0.126. The molecule has 0 radical (unpaired) electrons. The molecule has 1 heterocycles. The van der Waals surface area contributed by atoms with Gasteiger partial charge in [-0.25, -0.2) is 14.0 Å². The number of carbonyl (C=O) groups excluding carboxylic acids is 3. The smallest absolute Gasteiger partial charge is 0.333 e. The molecule has 0 N–H and O–H groups in total. The second kappa shape index (κ2) is 7.21. The van der Waals surface area contributed by atoms with Crippen molar-refractivity contribution in [1.29, 1.82) is 0 Å². The first kappa shape index (κ1) is 16.9. The van der Waals surface area contributed by atoms with Crippen molar-refractivity contribution >= 4 is 17.8 Å². The van der Waals surface area contributed by atoms with Gasteiger partial charge in [0.25, 0.3) is 0 Å². The highest BCUT2D eigenvalue weighted by Gasteiger charge is 2.44. The SMILES string of the molecule is CCOC(=O)C(c1ccc(F)cc1)N1C(=O)CCC1C(=O)OC. The van der Waals surface area contributed by atoms with E-state index < -0.39 is 29.8 Å². The number of likely N-dealkylation sites (tertiary alicyclic amines) is 1. The number of halogens is 1. The molecule has 1 aliphatic heterocycles. The first-order valence-corrected chi connectivity index (χ1v) is 7.30. The molecule has 1 aromatic carbocycles. The van der Waals surface area contributed by atoms with Crippen LogP contribution in [0.2, 0.25) is 0 Å². The van der Waals surface area contributed by atoms with Crippen molar-refractivity contribution in [3.63, 3.8) is 0 Å². The van der Waals surface area contributed by atoms with Crippen LogP contribution < -0.4 is 0 Å². The van der Waals surface area contributed by atoms with E-state index in [1.54, 1.807) is 6.92 Å².